The van der Waals surface area contributed by atoms with Gasteiger partial charge in [0.25, 0.3) is 7.82 Å². The summed E-state index contributed by atoms with van der Waals surface area (Å²) in [6.07, 6.45) is 32.5. The molecule has 1 rings (SSSR count). The first kappa shape index (κ1) is 56.8. The molecule has 0 aromatic heterocycles. The Labute approximate surface area is 370 Å². The Bertz CT molecular complexity index is 1300. The highest BCUT2D eigenvalue weighted by Crippen LogP contribution is 2.38. The van der Waals surface area contributed by atoms with E-state index in [0.717, 1.165) is 44.9 Å². The second-order valence-electron chi connectivity index (χ2n) is 17.9. The lowest BCUT2D eigenvalue weighted by Crippen LogP contribution is -2.37. The summed E-state index contributed by atoms with van der Waals surface area (Å²) in [5.74, 6) is -1.77. The Hall–Kier alpha value is -2.18. The zero-order valence-corrected chi connectivity index (χ0v) is 39.7. The Morgan fingerprint density at radius 2 is 1.33 bits per heavy atom. The lowest BCUT2D eigenvalue weighted by atomic mass is 9.90. The molecule has 0 radical (unpaired) electrons. The van der Waals surface area contributed by atoms with Crippen LogP contribution in [0.4, 0.5) is 0 Å². The van der Waals surface area contributed by atoms with Crippen molar-refractivity contribution in [2.24, 2.45) is 11.8 Å². The van der Waals surface area contributed by atoms with Gasteiger partial charge in [0.2, 0.25) is 0 Å². The van der Waals surface area contributed by atoms with Gasteiger partial charge < -0.3 is 38.1 Å². The SMILES string of the molecule is CCCCCCCC/C=C\CCCCCCCCCC(=O)O[C@H](COC(=O)CCC/C=C\C[C@H]1[C@@H](O)CC(=O)[C@@H]1/C=C/[C@@H](O)CCCCC)COP(=O)([O-])OCC[N+](C)(C)C. The van der Waals surface area contributed by atoms with Gasteiger partial charge in [0.1, 0.15) is 25.5 Å². The Kier molecular flexibility index (Phi) is 32.8. The highest BCUT2D eigenvalue weighted by Gasteiger charge is 2.39. The molecule has 0 bridgehead atoms. The van der Waals surface area contributed by atoms with E-state index >= 15 is 0 Å². The average molecular weight is 884 g/mol. The number of unbranched alkanes of at least 4 members (excludes halogenated alkanes) is 16. The summed E-state index contributed by atoms with van der Waals surface area (Å²) in [4.78, 5) is 50.3. The molecule has 12 nitrogen and oxygen atoms in total. The topological polar surface area (TPSA) is 169 Å². The summed E-state index contributed by atoms with van der Waals surface area (Å²) in [5.41, 5.74) is 0. The molecule has 0 aromatic rings. The summed E-state index contributed by atoms with van der Waals surface area (Å²) >= 11 is 0. The number of quaternary nitrogens is 1. The zero-order valence-electron chi connectivity index (χ0n) is 38.8. The van der Waals surface area contributed by atoms with Crippen LogP contribution < -0.4 is 4.89 Å². The van der Waals surface area contributed by atoms with Crippen LogP contribution in [0.3, 0.4) is 0 Å². The first-order valence-corrected chi connectivity index (χ1v) is 25.3. The fourth-order valence-corrected chi connectivity index (χ4v) is 7.89. The predicted octanol–water partition coefficient (Wildman–Crippen LogP) is 9.65. The number of ketones is 1. The number of phosphoric acid groups is 1. The molecule has 1 aliphatic rings. The van der Waals surface area contributed by atoms with Crippen molar-refractivity contribution < 1.29 is 57.1 Å². The third-order valence-corrected chi connectivity index (χ3v) is 12.0. The summed E-state index contributed by atoms with van der Waals surface area (Å²) in [7, 11) is 1.02. The van der Waals surface area contributed by atoms with E-state index in [4.69, 9.17) is 18.5 Å². The largest absolute Gasteiger partial charge is 0.756 e. The molecular weight excluding hydrogens is 797 g/mol. The maximum absolute atomic E-state index is 12.7. The molecule has 1 fully saturated rings. The second-order valence-corrected chi connectivity index (χ2v) is 19.3. The van der Waals surface area contributed by atoms with Crippen LogP contribution in [0, 0.1) is 11.8 Å². The van der Waals surface area contributed by atoms with E-state index in [2.05, 4.69) is 26.0 Å². The van der Waals surface area contributed by atoms with Crippen LogP contribution in [0.25, 0.3) is 0 Å². The van der Waals surface area contributed by atoms with Gasteiger partial charge in [0.15, 0.2) is 6.10 Å². The number of likely N-dealkylation sites (N-methyl/N-ethyl adjacent to an activating group) is 1. The number of aliphatic hydroxyl groups excluding tert-OH is 2. The first-order valence-electron chi connectivity index (χ1n) is 23.8. The molecule has 354 valence electrons. The minimum absolute atomic E-state index is 0.0285. The number of carbonyl (C=O) groups excluding carboxylic acids is 3. The lowest BCUT2D eigenvalue weighted by Gasteiger charge is -2.28. The molecule has 1 aliphatic carbocycles. The second kappa shape index (κ2) is 35.2. The maximum Gasteiger partial charge on any atom is 0.306 e. The minimum Gasteiger partial charge on any atom is -0.756 e. The monoisotopic (exact) mass is 884 g/mol. The third kappa shape index (κ3) is 32.2. The van der Waals surface area contributed by atoms with Gasteiger partial charge in [-0.1, -0.05) is 134 Å². The summed E-state index contributed by atoms with van der Waals surface area (Å²) in [5, 5.41) is 20.8. The lowest BCUT2D eigenvalue weighted by molar-refractivity contribution is -0.870. The molecule has 6 atom stereocenters. The Balaban J connectivity index is 2.47. The fourth-order valence-electron chi connectivity index (χ4n) is 7.16. The molecular formula is C48H86NO11P. The van der Waals surface area contributed by atoms with Crippen molar-refractivity contribution in [3.05, 3.63) is 36.5 Å². The molecule has 2 N–H and O–H groups in total. The van der Waals surface area contributed by atoms with Crippen LogP contribution in [0.15, 0.2) is 36.5 Å². The van der Waals surface area contributed by atoms with Crippen molar-refractivity contribution in [3.8, 4) is 0 Å². The number of Topliss-reactive ketones (excluding diaryl/α,β-unsaturated/α-hetero) is 1. The van der Waals surface area contributed by atoms with Crippen LogP contribution in [0.5, 0.6) is 0 Å². The molecule has 61 heavy (non-hydrogen) atoms. The molecule has 0 spiro atoms. The normalized spacial score (nSPS) is 19.3. The van der Waals surface area contributed by atoms with Crippen LogP contribution in [-0.2, 0) is 37.5 Å². The number of allylic oxidation sites excluding steroid dienone is 5. The van der Waals surface area contributed by atoms with Crippen molar-refractivity contribution in [2.75, 3.05) is 47.5 Å². The standard InChI is InChI=1S/C48H86NO11P/c1-6-8-10-11-12-13-14-15-16-17-18-19-20-21-22-23-29-33-48(54)60-42(40-59-61(55,56)58-37-36-49(3,4)5)39-57-47(53)32-28-25-24-27-31-43-44(46(52)38-45(43)51)35-34-41(50)30-26-9-7-2/h15-16,24,27,34-35,41-45,50-51H,6-14,17-23,25-26,28-33,36-40H2,1-5H3/b16-15-,27-24-,35-34+/t41-,42+,43+,44+,45-/m0/s1. The van der Waals surface area contributed by atoms with Gasteiger partial charge in [-0.15, -0.1) is 0 Å². The molecule has 0 aliphatic heterocycles. The number of aliphatic hydroxyl groups is 2. The summed E-state index contributed by atoms with van der Waals surface area (Å²) in [6.45, 7) is 3.81. The van der Waals surface area contributed by atoms with E-state index in [-0.39, 0.29) is 44.2 Å². The van der Waals surface area contributed by atoms with E-state index < -0.39 is 50.6 Å². The minimum atomic E-state index is -4.69. The Morgan fingerprint density at radius 1 is 0.770 bits per heavy atom. The van der Waals surface area contributed by atoms with Gasteiger partial charge in [-0.25, -0.2) is 0 Å². The molecule has 0 heterocycles. The number of hydrogen-bond acceptors (Lipinski definition) is 11. The van der Waals surface area contributed by atoms with Crippen LogP contribution >= 0.6 is 7.82 Å². The first-order chi connectivity index (χ1) is 29.2. The number of phosphoric ester groups is 1. The van der Waals surface area contributed by atoms with Crippen molar-refractivity contribution in [1.29, 1.82) is 0 Å². The molecule has 0 saturated heterocycles. The molecule has 1 saturated carbocycles. The van der Waals surface area contributed by atoms with Gasteiger partial charge in [-0.2, -0.15) is 0 Å². The quantitative estimate of drug-likeness (QED) is 0.0198. The van der Waals surface area contributed by atoms with E-state index in [9.17, 15) is 34.1 Å². The zero-order chi connectivity index (χ0) is 45.2. The Morgan fingerprint density at radius 3 is 1.97 bits per heavy atom. The van der Waals surface area contributed by atoms with Crippen molar-refractivity contribution >= 4 is 25.5 Å². The number of hydrogen-bond donors (Lipinski definition) is 2. The van der Waals surface area contributed by atoms with Gasteiger partial charge in [-0.3, -0.25) is 18.9 Å². The molecule has 1 unspecified atom stereocenters. The molecule has 0 aromatic carbocycles. The van der Waals surface area contributed by atoms with E-state index in [1.54, 1.807) is 12.2 Å². The fraction of sp³-hybridized carbons (Fsp3) is 0.812. The van der Waals surface area contributed by atoms with Crippen molar-refractivity contribution in [2.45, 2.75) is 193 Å². The van der Waals surface area contributed by atoms with E-state index in [1.807, 2.05) is 33.3 Å². The van der Waals surface area contributed by atoms with Gasteiger partial charge in [-0.05, 0) is 57.8 Å². The number of nitrogens with zero attached hydrogens (tertiary/aromatic N) is 1. The number of carbonyl (C=O) groups is 3. The smallest absolute Gasteiger partial charge is 0.306 e. The molecule has 13 heteroatoms. The van der Waals surface area contributed by atoms with Crippen molar-refractivity contribution in [3.63, 3.8) is 0 Å². The highest BCUT2D eigenvalue weighted by molar-refractivity contribution is 7.45. The summed E-state index contributed by atoms with van der Waals surface area (Å²) < 4.78 is 33.9. The maximum atomic E-state index is 12.7. The third-order valence-electron chi connectivity index (χ3n) is 11.0. The van der Waals surface area contributed by atoms with Crippen LogP contribution in [0.1, 0.15) is 174 Å². The number of ether oxygens (including phenoxy) is 2. The van der Waals surface area contributed by atoms with Crippen LogP contribution in [-0.4, -0.2) is 98.2 Å². The van der Waals surface area contributed by atoms with Gasteiger partial charge >= 0.3 is 11.9 Å². The van der Waals surface area contributed by atoms with E-state index in [0.29, 0.717) is 43.1 Å². The number of esters is 2. The van der Waals surface area contributed by atoms with E-state index in [1.165, 1.54) is 64.2 Å². The predicted molar refractivity (Wildman–Crippen MR) is 241 cm³/mol. The number of rotatable bonds is 39. The molecule has 0 amide bonds. The van der Waals surface area contributed by atoms with Gasteiger partial charge in [0, 0.05) is 31.1 Å². The van der Waals surface area contributed by atoms with Crippen LogP contribution in [0.2, 0.25) is 0 Å². The highest BCUT2D eigenvalue weighted by atomic mass is 31.2. The summed E-state index contributed by atoms with van der Waals surface area (Å²) in [6, 6.07) is 0. The van der Waals surface area contributed by atoms with Crippen molar-refractivity contribution in [1.82, 2.24) is 0 Å². The average Bonchev–Trinajstić information content (AvgIpc) is 3.47. The van der Waals surface area contributed by atoms with Gasteiger partial charge in [0.05, 0.1) is 40.0 Å².